The van der Waals surface area contributed by atoms with E-state index in [1.165, 1.54) is 18.2 Å². The van der Waals surface area contributed by atoms with Crippen molar-refractivity contribution in [2.24, 2.45) is 17.4 Å². The smallest absolute Gasteiger partial charge is 0.405 e. The Morgan fingerprint density at radius 1 is 1.10 bits per heavy atom. The summed E-state index contributed by atoms with van der Waals surface area (Å²) in [4.78, 5) is 22.0. The van der Waals surface area contributed by atoms with Crippen LogP contribution in [0.3, 0.4) is 0 Å². The topological polar surface area (TPSA) is 105 Å². The van der Waals surface area contributed by atoms with E-state index >= 15 is 0 Å². The molecule has 0 heterocycles. The van der Waals surface area contributed by atoms with Crippen LogP contribution in [0, 0.1) is 11.7 Å². The minimum atomic E-state index is -1.17. The number of rotatable bonds is 5. The van der Waals surface area contributed by atoms with Crippen molar-refractivity contribution in [3.63, 3.8) is 0 Å². The summed E-state index contributed by atoms with van der Waals surface area (Å²) in [6.45, 7) is 3.43. The average molecular weight is 284 g/mol. The van der Waals surface area contributed by atoms with Crippen molar-refractivity contribution in [1.29, 1.82) is 0 Å². The number of hydrogen-bond donors (Lipinski definition) is 2. The first-order valence-electron chi connectivity index (χ1n) is 5.99. The molecular weight excluding hydrogens is 267 g/mol. The van der Waals surface area contributed by atoms with Crippen molar-refractivity contribution < 1.29 is 23.5 Å². The molecule has 2 atom stereocenters. The zero-order valence-corrected chi connectivity index (χ0v) is 11.2. The molecule has 4 N–H and O–H groups in total. The largest absolute Gasteiger partial charge is 0.442 e. The third-order valence-electron chi connectivity index (χ3n) is 2.66. The Bertz CT molecular complexity index is 493. The second-order valence-electron chi connectivity index (χ2n) is 4.52. The molecule has 1 aromatic rings. The predicted octanol–water partition coefficient (Wildman–Crippen LogP) is 2.08. The lowest BCUT2D eigenvalue weighted by Gasteiger charge is -2.28. The van der Waals surface area contributed by atoms with E-state index in [2.05, 4.69) is 0 Å². The monoisotopic (exact) mass is 284 g/mol. The van der Waals surface area contributed by atoms with Crippen LogP contribution in [0.5, 0.6) is 0 Å². The van der Waals surface area contributed by atoms with Gasteiger partial charge in [0.2, 0.25) is 0 Å². The van der Waals surface area contributed by atoms with E-state index in [1.54, 1.807) is 19.9 Å². The maximum atomic E-state index is 13.8. The third kappa shape index (κ3) is 4.11. The standard InChI is InChI=1S/C13H17FN2O4/c1-7(2)10(19-12(15)17)11(20-13(16)18)8-5-3-4-6-9(8)14/h3-7,10-11H,1-2H3,(H2,15,17)(H2,16,18)/t10-,11-/m0/s1. The summed E-state index contributed by atoms with van der Waals surface area (Å²) < 4.78 is 23.7. The SMILES string of the molecule is CC(C)[C@H](OC(N)=O)[C@@H](OC(N)=O)c1ccccc1F. The van der Waals surface area contributed by atoms with Gasteiger partial charge in [0.15, 0.2) is 6.10 Å². The normalized spacial score (nSPS) is 13.6. The Labute approximate surface area is 115 Å². The van der Waals surface area contributed by atoms with E-state index in [0.717, 1.165) is 0 Å². The summed E-state index contributed by atoms with van der Waals surface area (Å²) in [5.41, 5.74) is 10.0. The van der Waals surface area contributed by atoms with Gasteiger partial charge in [-0.05, 0) is 12.0 Å². The number of amides is 2. The third-order valence-corrected chi connectivity index (χ3v) is 2.66. The van der Waals surface area contributed by atoms with E-state index < -0.39 is 30.2 Å². The fourth-order valence-electron chi connectivity index (χ4n) is 1.82. The summed E-state index contributed by atoms with van der Waals surface area (Å²) in [5.74, 6) is -0.871. The molecule has 6 nitrogen and oxygen atoms in total. The first kappa shape index (κ1) is 15.7. The first-order valence-corrected chi connectivity index (χ1v) is 5.99. The van der Waals surface area contributed by atoms with Gasteiger partial charge in [0.05, 0.1) is 0 Å². The van der Waals surface area contributed by atoms with Crippen molar-refractivity contribution in [2.75, 3.05) is 0 Å². The first-order chi connectivity index (χ1) is 9.32. The average Bonchev–Trinajstić information content (AvgIpc) is 2.33. The van der Waals surface area contributed by atoms with Crippen LogP contribution in [-0.2, 0) is 9.47 Å². The van der Waals surface area contributed by atoms with Crippen molar-refractivity contribution in [3.8, 4) is 0 Å². The molecule has 20 heavy (non-hydrogen) atoms. The van der Waals surface area contributed by atoms with Gasteiger partial charge in [0.25, 0.3) is 0 Å². The van der Waals surface area contributed by atoms with Crippen molar-refractivity contribution >= 4 is 12.2 Å². The van der Waals surface area contributed by atoms with Gasteiger partial charge in [-0.1, -0.05) is 32.0 Å². The summed E-state index contributed by atoms with van der Waals surface area (Å²) in [6, 6.07) is 5.67. The summed E-state index contributed by atoms with van der Waals surface area (Å²) >= 11 is 0. The zero-order valence-electron chi connectivity index (χ0n) is 11.2. The molecule has 2 amide bonds. The molecule has 0 saturated heterocycles. The van der Waals surface area contributed by atoms with Crippen LogP contribution in [0.15, 0.2) is 24.3 Å². The molecule has 7 heteroatoms. The van der Waals surface area contributed by atoms with Gasteiger partial charge >= 0.3 is 12.2 Å². The minimum absolute atomic E-state index is 0.0613. The number of benzene rings is 1. The number of ether oxygens (including phenoxy) is 2. The molecule has 0 saturated carbocycles. The van der Waals surface area contributed by atoms with Crippen LogP contribution >= 0.6 is 0 Å². The second-order valence-corrected chi connectivity index (χ2v) is 4.52. The fraction of sp³-hybridized carbons (Fsp3) is 0.385. The van der Waals surface area contributed by atoms with Gasteiger partial charge in [-0.15, -0.1) is 0 Å². The van der Waals surface area contributed by atoms with Crippen molar-refractivity contribution in [3.05, 3.63) is 35.6 Å². The molecule has 0 unspecified atom stereocenters. The highest BCUT2D eigenvalue weighted by atomic mass is 19.1. The molecule has 0 aliphatic heterocycles. The number of hydrogen-bond acceptors (Lipinski definition) is 4. The molecule has 0 aromatic heterocycles. The Morgan fingerprint density at radius 3 is 2.10 bits per heavy atom. The summed E-state index contributed by atoms with van der Waals surface area (Å²) in [6.07, 6.45) is -4.26. The van der Waals surface area contributed by atoms with Gasteiger partial charge in [0.1, 0.15) is 11.9 Å². The number of nitrogens with two attached hydrogens (primary N) is 2. The highest BCUT2D eigenvalue weighted by Crippen LogP contribution is 2.30. The number of primary amides is 2. The minimum Gasteiger partial charge on any atom is -0.442 e. The summed E-state index contributed by atoms with van der Waals surface area (Å²) in [7, 11) is 0. The second kappa shape index (κ2) is 6.74. The predicted molar refractivity (Wildman–Crippen MR) is 69.1 cm³/mol. The van der Waals surface area contributed by atoms with Crippen LogP contribution in [-0.4, -0.2) is 18.3 Å². The number of carbonyl (C=O) groups excluding carboxylic acids is 2. The van der Waals surface area contributed by atoms with Crippen LogP contribution < -0.4 is 11.5 Å². The van der Waals surface area contributed by atoms with Gasteiger partial charge < -0.3 is 20.9 Å². The molecule has 0 bridgehead atoms. The number of carbonyl (C=O) groups is 2. The highest BCUT2D eigenvalue weighted by Gasteiger charge is 2.33. The molecule has 0 aliphatic carbocycles. The molecule has 0 spiro atoms. The molecule has 110 valence electrons. The van der Waals surface area contributed by atoms with Crippen molar-refractivity contribution in [2.45, 2.75) is 26.1 Å². The van der Waals surface area contributed by atoms with Crippen molar-refractivity contribution in [1.82, 2.24) is 0 Å². The lowest BCUT2D eigenvalue weighted by molar-refractivity contribution is -0.0281. The quantitative estimate of drug-likeness (QED) is 0.863. The molecule has 1 aromatic carbocycles. The van der Waals surface area contributed by atoms with E-state index in [0.29, 0.717) is 0 Å². The van der Waals surface area contributed by atoms with Gasteiger partial charge in [0, 0.05) is 5.56 Å². The Hall–Kier alpha value is -2.31. The van der Waals surface area contributed by atoms with Gasteiger partial charge in [-0.25, -0.2) is 14.0 Å². The Balaban J connectivity index is 3.18. The molecular formula is C13H17FN2O4. The van der Waals surface area contributed by atoms with E-state index in [-0.39, 0.29) is 11.5 Å². The lowest BCUT2D eigenvalue weighted by atomic mass is 9.95. The van der Waals surface area contributed by atoms with E-state index in [1.807, 2.05) is 0 Å². The van der Waals surface area contributed by atoms with E-state index in [9.17, 15) is 14.0 Å². The molecule has 0 fully saturated rings. The van der Waals surface area contributed by atoms with Crippen LogP contribution in [0.2, 0.25) is 0 Å². The van der Waals surface area contributed by atoms with Crippen LogP contribution in [0.4, 0.5) is 14.0 Å². The Morgan fingerprint density at radius 2 is 1.65 bits per heavy atom. The maximum Gasteiger partial charge on any atom is 0.405 e. The fourth-order valence-corrected chi connectivity index (χ4v) is 1.82. The Kier molecular flexibility index (Phi) is 5.31. The highest BCUT2D eigenvalue weighted by molar-refractivity contribution is 5.66. The van der Waals surface area contributed by atoms with Gasteiger partial charge in [-0.3, -0.25) is 0 Å². The van der Waals surface area contributed by atoms with Crippen LogP contribution in [0.1, 0.15) is 25.5 Å². The maximum absolute atomic E-state index is 13.8. The number of halogens is 1. The molecule has 0 radical (unpaired) electrons. The molecule has 1 rings (SSSR count). The van der Waals surface area contributed by atoms with Gasteiger partial charge in [-0.2, -0.15) is 0 Å². The van der Waals surface area contributed by atoms with E-state index in [4.69, 9.17) is 20.9 Å². The summed E-state index contributed by atoms with van der Waals surface area (Å²) in [5, 5.41) is 0. The molecule has 0 aliphatic rings. The zero-order chi connectivity index (χ0) is 15.3. The lowest BCUT2D eigenvalue weighted by Crippen LogP contribution is -2.36. The van der Waals surface area contributed by atoms with Crippen LogP contribution in [0.25, 0.3) is 0 Å².